The second-order valence-electron chi connectivity index (χ2n) is 5.48. The quantitative estimate of drug-likeness (QED) is 0.606. The zero-order chi connectivity index (χ0) is 16.4. The fraction of sp³-hybridized carbons (Fsp3) is 0.222. The average Bonchev–Trinajstić information content (AvgIpc) is 2.99. The van der Waals surface area contributed by atoms with Crippen LogP contribution in [0.5, 0.6) is 0 Å². The van der Waals surface area contributed by atoms with Crippen molar-refractivity contribution in [1.82, 2.24) is 10.2 Å². The molecule has 0 aliphatic carbocycles. The number of hydrogen-bond acceptors (Lipinski definition) is 4. The number of halogens is 1. The Morgan fingerprint density at radius 2 is 1.74 bits per heavy atom. The van der Waals surface area contributed by atoms with Gasteiger partial charge in [0.05, 0.1) is 0 Å². The Morgan fingerprint density at radius 3 is 2.43 bits per heavy atom. The molecule has 3 rings (SSSR count). The predicted molar refractivity (Wildman–Crippen MR) is 89.9 cm³/mol. The largest absolute Gasteiger partial charge is 0.411 e. The molecule has 0 amide bonds. The molecule has 0 bridgehead atoms. The van der Waals surface area contributed by atoms with Gasteiger partial charge in [0, 0.05) is 10.8 Å². The lowest BCUT2D eigenvalue weighted by Gasteiger charge is -2.08. The van der Waals surface area contributed by atoms with Crippen LogP contribution < -0.4 is 0 Å². The molecule has 0 aliphatic rings. The van der Waals surface area contributed by atoms with E-state index in [9.17, 15) is 4.39 Å². The van der Waals surface area contributed by atoms with Gasteiger partial charge >= 0.3 is 0 Å². The third-order valence-electron chi connectivity index (χ3n) is 3.78. The van der Waals surface area contributed by atoms with Gasteiger partial charge in [-0.15, -0.1) is 10.2 Å². The maximum absolute atomic E-state index is 13.0. The molecule has 0 N–H and O–H groups in total. The minimum absolute atomic E-state index is 0.101. The number of nitrogens with zero attached hydrogens (tertiary/aromatic N) is 2. The van der Waals surface area contributed by atoms with Crippen LogP contribution in [0.25, 0.3) is 11.5 Å². The molecule has 0 fully saturated rings. The van der Waals surface area contributed by atoms with Gasteiger partial charge in [-0.1, -0.05) is 30.0 Å². The number of hydrogen-bond donors (Lipinski definition) is 0. The average molecular weight is 328 g/mol. The molecule has 3 nitrogen and oxygen atoms in total. The lowest BCUT2D eigenvalue weighted by atomic mass is 10.1. The molecule has 118 valence electrons. The summed E-state index contributed by atoms with van der Waals surface area (Å²) in [6, 6.07) is 12.5. The van der Waals surface area contributed by atoms with Gasteiger partial charge in [0.1, 0.15) is 5.82 Å². The smallest absolute Gasteiger partial charge is 0.277 e. The Balaban J connectivity index is 1.76. The van der Waals surface area contributed by atoms with Crippen molar-refractivity contribution >= 4 is 11.8 Å². The van der Waals surface area contributed by atoms with E-state index in [-0.39, 0.29) is 11.1 Å². The second kappa shape index (κ2) is 6.54. The van der Waals surface area contributed by atoms with E-state index >= 15 is 0 Å². The summed E-state index contributed by atoms with van der Waals surface area (Å²) >= 11 is 1.46. The number of rotatable bonds is 4. The minimum Gasteiger partial charge on any atom is -0.411 e. The van der Waals surface area contributed by atoms with Crippen molar-refractivity contribution in [3.63, 3.8) is 0 Å². The van der Waals surface area contributed by atoms with Gasteiger partial charge in [0.15, 0.2) is 0 Å². The first-order valence-electron chi connectivity index (χ1n) is 7.36. The minimum atomic E-state index is -0.235. The fourth-order valence-corrected chi connectivity index (χ4v) is 3.01. The van der Waals surface area contributed by atoms with E-state index in [2.05, 4.69) is 24.0 Å². The highest BCUT2D eigenvalue weighted by Crippen LogP contribution is 2.35. The van der Waals surface area contributed by atoms with E-state index in [4.69, 9.17) is 4.42 Å². The third-order valence-corrected chi connectivity index (χ3v) is 4.77. The lowest BCUT2D eigenvalue weighted by Crippen LogP contribution is -1.88. The van der Waals surface area contributed by atoms with Gasteiger partial charge in [-0.3, -0.25) is 0 Å². The van der Waals surface area contributed by atoms with Crippen molar-refractivity contribution in [1.29, 1.82) is 0 Å². The van der Waals surface area contributed by atoms with Crippen molar-refractivity contribution in [3.05, 3.63) is 65.0 Å². The molecule has 0 saturated carbocycles. The Morgan fingerprint density at radius 1 is 1.00 bits per heavy atom. The van der Waals surface area contributed by atoms with Crippen LogP contribution in [0.1, 0.15) is 28.9 Å². The molecule has 0 spiro atoms. The first-order chi connectivity index (χ1) is 11.0. The molecule has 1 heterocycles. The Kier molecular flexibility index (Phi) is 4.48. The SMILES string of the molecule is Cc1ccc(-c2nnc(S[C@H](C)c3ccc(F)cc3)o2)cc1C. The second-order valence-corrected chi connectivity index (χ2v) is 6.78. The summed E-state index contributed by atoms with van der Waals surface area (Å²) in [4.78, 5) is 0. The third kappa shape index (κ3) is 3.62. The molecule has 23 heavy (non-hydrogen) atoms. The monoisotopic (exact) mass is 328 g/mol. The molecule has 0 radical (unpaired) electrons. The number of benzene rings is 2. The summed E-state index contributed by atoms with van der Waals surface area (Å²) in [5.74, 6) is 0.280. The maximum Gasteiger partial charge on any atom is 0.277 e. The molecule has 3 aromatic rings. The van der Waals surface area contributed by atoms with Crippen LogP contribution in [-0.2, 0) is 0 Å². The van der Waals surface area contributed by atoms with Crippen LogP contribution in [0.4, 0.5) is 4.39 Å². The zero-order valence-corrected chi connectivity index (χ0v) is 14.0. The summed E-state index contributed by atoms with van der Waals surface area (Å²) in [6.07, 6.45) is 0. The van der Waals surface area contributed by atoms with Gasteiger partial charge in [-0.05, 0) is 61.7 Å². The number of aryl methyl sites for hydroxylation is 2. The van der Waals surface area contributed by atoms with Crippen molar-refractivity contribution < 1.29 is 8.81 Å². The van der Waals surface area contributed by atoms with Crippen LogP contribution in [0.15, 0.2) is 52.1 Å². The Hall–Kier alpha value is -2.14. The van der Waals surface area contributed by atoms with Gasteiger partial charge in [-0.2, -0.15) is 0 Å². The van der Waals surface area contributed by atoms with Crippen molar-refractivity contribution in [2.75, 3.05) is 0 Å². The standard InChI is InChI=1S/C18H17FN2OS/c1-11-4-5-15(10-12(11)2)17-20-21-18(22-17)23-13(3)14-6-8-16(19)9-7-14/h4-10,13H,1-3H3/t13-/m1/s1. The highest BCUT2D eigenvalue weighted by Gasteiger charge is 2.14. The molecule has 5 heteroatoms. The molecule has 0 aliphatic heterocycles. The highest BCUT2D eigenvalue weighted by atomic mass is 32.2. The molecule has 1 aromatic heterocycles. The zero-order valence-electron chi connectivity index (χ0n) is 13.2. The molecule has 2 aromatic carbocycles. The van der Waals surface area contributed by atoms with Gasteiger partial charge in [-0.25, -0.2) is 4.39 Å². The molecular weight excluding hydrogens is 311 g/mol. The van der Waals surface area contributed by atoms with Gasteiger partial charge in [0.2, 0.25) is 5.89 Å². The van der Waals surface area contributed by atoms with Crippen molar-refractivity contribution in [2.45, 2.75) is 31.2 Å². The van der Waals surface area contributed by atoms with E-state index in [0.29, 0.717) is 11.1 Å². The summed E-state index contributed by atoms with van der Waals surface area (Å²) in [5.41, 5.74) is 4.35. The Bertz CT molecular complexity index is 814. The summed E-state index contributed by atoms with van der Waals surface area (Å²) < 4.78 is 18.7. The molecular formula is C18H17FN2OS. The summed E-state index contributed by atoms with van der Waals surface area (Å²) in [6.45, 7) is 6.15. The molecule has 0 unspecified atom stereocenters. The fourth-order valence-electron chi connectivity index (χ4n) is 2.20. The lowest BCUT2D eigenvalue weighted by molar-refractivity contribution is 0.465. The van der Waals surface area contributed by atoms with Crippen LogP contribution in [0, 0.1) is 19.7 Å². The number of thioether (sulfide) groups is 1. The maximum atomic E-state index is 13.0. The highest BCUT2D eigenvalue weighted by molar-refractivity contribution is 7.99. The van der Waals surface area contributed by atoms with Crippen LogP contribution in [0.3, 0.4) is 0 Å². The molecule has 1 atom stereocenters. The van der Waals surface area contributed by atoms with Gasteiger partial charge < -0.3 is 4.42 Å². The first kappa shape index (κ1) is 15.7. The van der Waals surface area contributed by atoms with E-state index < -0.39 is 0 Å². The van der Waals surface area contributed by atoms with Crippen molar-refractivity contribution in [3.8, 4) is 11.5 Å². The van der Waals surface area contributed by atoms with Crippen LogP contribution in [0.2, 0.25) is 0 Å². The van der Waals surface area contributed by atoms with E-state index in [1.165, 1.54) is 35.0 Å². The predicted octanol–water partition coefficient (Wildman–Crippen LogP) is 5.35. The molecule has 0 saturated heterocycles. The van der Waals surface area contributed by atoms with E-state index in [1.54, 1.807) is 12.1 Å². The first-order valence-corrected chi connectivity index (χ1v) is 8.24. The topological polar surface area (TPSA) is 38.9 Å². The Labute approximate surface area is 138 Å². The van der Waals surface area contributed by atoms with Crippen LogP contribution in [-0.4, -0.2) is 10.2 Å². The summed E-state index contributed by atoms with van der Waals surface area (Å²) in [7, 11) is 0. The van der Waals surface area contributed by atoms with Crippen LogP contribution >= 0.6 is 11.8 Å². The van der Waals surface area contributed by atoms with E-state index in [0.717, 1.165) is 11.1 Å². The van der Waals surface area contributed by atoms with E-state index in [1.807, 2.05) is 25.1 Å². The number of aromatic nitrogens is 2. The normalized spacial score (nSPS) is 12.3. The van der Waals surface area contributed by atoms with Gasteiger partial charge in [0.25, 0.3) is 5.22 Å². The van der Waals surface area contributed by atoms with Crippen molar-refractivity contribution in [2.24, 2.45) is 0 Å². The summed E-state index contributed by atoms with van der Waals surface area (Å²) in [5, 5.41) is 8.83.